The summed E-state index contributed by atoms with van der Waals surface area (Å²) in [5, 5.41) is 13.0. The van der Waals surface area contributed by atoms with Gasteiger partial charge in [-0.3, -0.25) is 14.9 Å². The molecule has 0 saturated heterocycles. The van der Waals surface area contributed by atoms with Crippen molar-refractivity contribution >= 4 is 17.3 Å². The highest BCUT2D eigenvalue weighted by atomic mass is 16.6. The summed E-state index contributed by atoms with van der Waals surface area (Å²) in [5.41, 5.74) is 6.15. The van der Waals surface area contributed by atoms with E-state index in [4.69, 9.17) is 5.73 Å². The third-order valence-corrected chi connectivity index (χ3v) is 2.37. The van der Waals surface area contributed by atoms with E-state index in [-0.39, 0.29) is 17.5 Å². The van der Waals surface area contributed by atoms with E-state index in [0.29, 0.717) is 5.69 Å². The Hall–Kier alpha value is -1.95. The molecule has 0 fully saturated rings. The number of nitrogens with one attached hydrogen (secondary N) is 1. The third-order valence-electron chi connectivity index (χ3n) is 2.37. The van der Waals surface area contributed by atoms with E-state index in [1.54, 1.807) is 0 Å². The molecule has 1 rings (SSSR count). The van der Waals surface area contributed by atoms with E-state index in [1.165, 1.54) is 24.3 Å². The Kier molecular flexibility index (Phi) is 4.17. The molecule has 0 bridgehead atoms. The molecule has 0 aliphatic heterocycles. The monoisotopic (exact) mass is 237 g/mol. The van der Waals surface area contributed by atoms with E-state index >= 15 is 0 Å². The van der Waals surface area contributed by atoms with Crippen LogP contribution in [0.4, 0.5) is 11.4 Å². The van der Waals surface area contributed by atoms with Gasteiger partial charge in [0.25, 0.3) is 5.69 Å². The first kappa shape index (κ1) is 13.1. The van der Waals surface area contributed by atoms with Crippen LogP contribution in [0.1, 0.15) is 13.8 Å². The number of non-ortho nitro benzene ring substituents is 1. The molecule has 0 heterocycles. The Morgan fingerprint density at radius 1 is 1.35 bits per heavy atom. The van der Waals surface area contributed by atoms with Gasteiger partial charge < -0.3 is 11.1 Å². The molecule has 1 amide bonds. The minimum absolute atomic E-state index is 0.0174. The molecule has 1 unspecified atom stereocenters. The lowest BCUT2D eigenvalue weighted by molar-refractivity contribution is -0.384. The number of hydrogen-bond donors (Lipinski definition) is 2. The molecular weight excluding hydrogens is 222 g/mol. The zero-order valence-corrected chi connectivity index (χ0v) is 9.71. The highest BCUT2D eigenvalue weighted by molar-refractivity contribution is 5.94. The number of nitro groups is 1. The summed E-state index contributed by atoms with van der Waals surface area (Å²) in [6.45, 7) is 3.69. The van der Waals surface area contributed by atoms with Crippen LogP contribution in [0, 0.1) is 16.0 Å². The summed E-state index contributed by atoms with van der Waals surface area (Å²) >= 11 is 0. The highest BCUT2D eigenvalue weighted by Gasteiger charge is 2.17. The van der Waals surface area contributed by atoms with Crippen LogP contribution in [0.2, 0.25) is 0 Å². The number of benzene rings is 1. The van der Waals surface area contributed by atoms with Gasteiger partial charge in [-0.2, -0.15) is 0 Å². The van der Waals surface area contributed by atoms with Crippen LogP contribution in [0.25, 0.3) is 0 Å². The number of carbonyl (C=O) groups is 1. The summed E-state index contributed by atoms with van der Waals surface area (Å²) < 4.78 is 0. The molecule has 1 atom stereocenters. The standard InChI is InChI=1S/C11H15N3O3/c1-7(2)10(12)11(15)13-8-3-5-9(6-4-8)14(16)17/h3-7,10H,12H2,1-2H3,(H,13,15). The molecule has 0 radical (unpaired) electrons. The first-order valence-electron chi connectivity index (χ1n) is 5.22. The average molecular weight is 237 g/mol. The molecule has 0 aliphatic carbocycles. The van der Waals surface area contributed by atoms with Crippen LogP contribution in [-0.4, -0.2) is 16.9 Å². The molecule has 0 aromatic heterocycles. The maximum atomic E-state index is 11.6. The van der Waals surface area contributed by atoms with Crippen LogP contribution in [0.3, 0.4) is 0 Å². The largest absolute Gasteiger partial charge is 0.325 e. The van der Waals surface area contributed by atoms with E-state index in [0.717, 1.165) is 0 Å². The quantitative estimate of drug-likeness (QED) is 0.612. The van der Waals surface area contributed by atoms with Gasteiger partial charge in [-0.05, 0) is 18.1 Å². The molecule has 1 aromatic carbocycles. The summed E-state index contributed by atoms with van der Waals surface area (Å²) in [5.74, 6) is -0.262. The molecule has 6 heteroatoms. The molecule has 6 nitrogen and oxygen atoms in total. The van der Waals surface area contributed by atoms with Gasteiger partial charge in [-0.1, -0.05) is 13.8 Å². The molecular formula is C11H15N3O3. The van der Waals surface area contributed by atoms with Crippen molar-refractivity contribution in [3.63, 3.8) is 0 Å². The fourth-order valence-corrected chi connectivity index (χ4v) is 1.19. The average Bonchev–Trinajstić information content (AvgIpc) is 2.28. The van der Waals surface area contributed by atoms with E-state index < -0.39 is 11.0 Å². The number of amides is 1. The summed E-state index contributed by atoms with van der Waals surface area (Å²) in [7, 11) is 0. The summed E-state index contributed by atoms with van der Waals surface area (Å²) in [4.78, 5) is 21.5. The van der Waals surface area contributed by atoms with Gasteiger partial charge in [-0.15, -0.1) is 0 Å². The van der Waals surface area contributed by atoms with Crippen LogP contribution in [0.15, 0.2) is 24.3 Å². The van der Waals surface area contributed by atoms with Gasteiger partial charge in [0.15, 0.2) is 0 Å². The number of anilines is 1. The Morgan fingerprint density at radius 2 is 1.88 bits per heavy atom. The van der Waals surface area contributed by atoms with Crippen LogP contribution >= 0.6 is 0 Å². The molecule has 92 valence electrons. The van der Waals surface area contributed by atoms with Crippen molar-refractivity contribution in [2.24, 2.45) is 11.7 Å². The lowest BCUT2D eigenvalue weighted by Crippen LogP contribution is -2.39. The van der Waals surface area contributed by atoms with Crippen LogP contribution < -0.4 is 11.1 Å². The molecule has 3 N–H and O–H groups in total. The highest BCUT2D eigenvalue weighted by Crippen LogP contribution is 2.15. The van der Waals surface area contributed by atoms with Crippen molar-refractivity contribution in [1.29, 1.82) is 0 Å². The number of carbonyl (C=O) groups excluding carboxylic acids is 1. The zero-order chi connectivity index (χ0) is 13.0. The second-order valence-corrected chi connectivity index (χ2v) is 4.06. The summed E-state index contributed by atoms with van der Waals surface area (Å²) in [6.07, 6.45) is 0. The molecule has 0 spiro atoms. The van der Waals surface area contributed by atoms with E-state index in [9.17, 15) is 14.9 Å². The van der Waals surface area contributed by atoms with Gasteiger partial charge in [0.2, 0.25) is 5.91 Å². The SMILES string of the molecule is CC(C)C(N)C(=O)Nc1ccc([N+](=O)[O-])cc1. The molecule has 1 aromatic rings. The second kappa shape index (κ2) is 5.40. The Labute approximate surface area is 99.0 Å². The fraction of sp³-hybridized carbons (Fsp3) is 0.364. The van der Waals surface area contributed by atoms with Gasteiger partial charge >= 0.3 is 0 Å². The van der Waals surface area contributed by atoms with Crippen molar-refractivity contribution in [3.05, 3.63) is 34.4 Å². The van der Waals surface area contributed by atoms with Gasteiger partial charge in [-0.25, -0.2) is 0 Å². The second-order valence-electron chi connectivity index (χ2n) is 4.06. The zero-order valence-electron chi connectivity index (χ0n) is 9.71. The predicted molar refractivity (Wildman–Crippen MR) is 64.5 cm³/mol. The van der Waals surface area contributed by atoms with Crippen LogP contribution in [-0.2, 0) is 4.79 Å². The van der Waals surface area contributed by atoms with Crippen molar-refractivity contribution < 1.29 is 9.72 Å². The van der Waals surface area contributed by atoms with Gasteiger partial charge in [0, 0.05) is 17.8 Å². The molecule has 0 saturated carbocycles. The summed E-state index contributed by atoms with van der Waals surface area (Å²) in [6, 6.07) is 5.02. The Balaban J connectivity index is 2.70. The minimum atomic E-state index is -0.592. The first-order valence-corrected chi connectivity index (χ1v) is 5.22. The van der Waals surface area contributed by atoms with E-state index in [1.807, 2.05) is 13.8 Å². The number of hydrogen-bond acceptors (Lipinski definition) is 4. The van der Waals surface area contributed by atoms with Crippen molar-refractivity contribution in [2.75, 3.05) is 5.32 Å². The number of nitrogens with zero attached hydrogens (tertiary/aromatic N) is 1. The fourth-order valence-electron chi connectivity index (χ4n) is 1.19. The van der Waals surface area contributed by atoms with Crippen molar-refractivity contribution in [3.8, 4) is 0 Å². The number of rotatable bonds is 4. The third kappa shape index (κ3) is 3.53. The molecule has 17 heavy (non-hydrogen) atoms. The number of nitro benzene ring substituents is 1. The first-order chi connectivity index (χ1) is 7.91. The Morgan fingerprint density at radius 3 is 2.29 bits per heavy atom. The topological polar surface area (TPSA) is 98.3 Å². The van der Waals surface area contributed by atoms with E-state index in [2.05, 4.69) is 5.32 Å². The maximum absolute atomic E-state index is 11.6. The molecule has 0 aliphatic rings. The smallest absolute Gasteiger partial charge is 0.269 e. The lowest BCUT2D eigenvalue weighted by Gasteiger charge is -2.15. The van der Waals surface area contributed by atoms with Gasteiger partial charge in [0.1, 0.15) is 0 Å². The Bertz CT molecular complexity index is 414. The minimum Gasteiger partial charge on any atom is -0.325 e. The van der Waals surface area contributed by atoms with Gasteiger partial charge in [0.05, 0.1) is 11.0 Å². The van der Waals surface area contributed by atoms with Crippen molar-refractivity contribution in [2.45, 2.75) is 19.9 Å². The maximum Gasteiger partial charge on any atom is 0.269 e. The number of nitrogens with two attached hydrogens (primary N) is 1. The van der Waals surface area contributed by atoms with Crippen LogP contribution in [0.5, 0.6) is 0 Å². The normalized spacial score (nSPS) is 12.2. The van der Waals surface area contributed by atoms with Crippen molar-refractivity contribution in [1.82, 2.24) is 0 Å². The lowest BCUT2D eigenvalue weighted by atomic mass is 10.0. The predicted octanol–water partition coefficient (Wildman–Crippen LogP) is 1.52.